The quantitative estimate of drug-likeness (QED) is 0.834. The Balaban J connectivity index is 1.42. The molecule has 2 aromatic carbocycles. The van der Waals surface area contributed by atoms with Crippen LogP contribution in [-0.4, -0.2) is 29.8 Å². The van der Waals surface area contributed by atoms with Crippen molar-refractivity contribution >= 4 is 11.8 Å². The topological polar surface area (TPSA) is 58.6 Å². The minimum absolute atomic E-state index is 0.0779. The van der Waals surface area contributed by atoms with Crippen LogP contribution < -0.4 is 10.1 Å². The van der Waals surface area contributed by atoms with Gasteiger partial charge in [-0.1, -0.05) is 42.5 Å². The van der Waals surface area contributed by atoms with E-state index in [1.807, 2.05) is 54.6 Å². The van der Waals surface area contributed by atoms with Crippen molar-refractivity contribution in [1.29, 1.82) is 0 Å². The van der Waals surface area contributed by atoms with Crippen LogP contribution in [0.15, 0.2) is 54.6 Å². The van der Waals surface area contributed by atoms with Gasteiger partial charge >= 0.3 is 0 Å². The Morgan fingerprint density at radius 2 is 1.73 bits per heavy atom. The van der Waals surface area contributed by atoms with Gasteiger partial charge in [0.2, 0.25) is 11.8 Å². The first kappa shape index (κ1) is 18.0. The number of rotatable bonds is 7. The predicted octanol–water partition coefficient (Wildman–Crippen LogP) is 2.89. The third-order valence-electron chi connectivity index (χ3n) is 4.42. The largest absolute Gasteiger partial charge is 0.489 e. The molecule has 0 atom stereocenters. The van der Waals surface area contributed by atoms with Crippen LogP contribution in [0.1, 0.15) is 30.4 Å². The van der Waals surface area contributed by atoms with E-state index in [9.17, 15) is 9.59 Å². The number of ether oxygens (including phenoxy) is 1. The maximum Gasteiger partial charge on any atom is 0.239 e. The number of amides is 2. The molecule has 1 aliphatic heterocycles. The lowest BCUT2D eigenvalue weighted by Crippen LogP contribution is -2.42. The number of nitrogens with zero attached hydrogens (tertiary/aromatic N) is 1. The SMILES string of the molecule is O=C(CN1CCCCC1=O)NCc1ccc(COc2ccccc2)cc1. The average molecular weight is 352 g/mol. The van der Waals surface area contributed by atoms with Crippen LogP contribution in [0, 0.1) is 0 Å². The van der Waals surface area contributed by atoms with E-state index < -0.39 is 0 Å². The van der Waals surface area contributed by atoms with E-state index in [-0.39, 0.29) is 18.4 Å². The molecule has 1 aliphatic rings. The van der Waals surface area contributed by atoms with Crippen molar-refractivity contribution in [3.8, 4) is 5.75 Å². The summed E-state index contributed by atoms with van der Waals surface area (Å²) < 4.78 is 5.72. The summed E-state index contributed by atoms with van der Waals surface area (Å²) in [5.74, 6) is 0.807. The van der Waals surface area contributed by atoms with Crippen molar-refractivity contribution in [2.24, 2.45) is 0 Å². The second kappa shape index (κ2) is 9.04. The zero-order chi connectivity index (χ0) is 18.2. The summed E-state index contributed by atoms with van der Waals surface area (Å²) in [6.07, 6.45) is 2.46. The Morgan fingerprint density at radius 3 is 2.46 bits per heavy atom. The number of hydrogen-bond donors (Lipinski definition) is 1. The van der Waals surface area contributed by atoms with Crippen LogP contribution in [-0.2, 0) is 22.7 Å². The Bertz CT molecular complexity index is 729. The number of nitrogens with one attached hydrogen (secondary N) is 1. The lowest BCUT2D eigenvalue weighted by molar-refractivity contribution is -0.137. The number of hydrogen-bond acceptors (Lipinski definition) is 3. The highest BCUT2D eigenvalue weighted by atomic mass is 16.5. The first-order valence-corrected chi connectivity index (χ1v) is 9.01. The summed E-state index contributed by atoms with van der Waals surface area (Å²) in [5.41, 5.74) is 2.09. The van der Waals surface area contributed by atoms with Gasteiger partial charge in [-0.3, -0.25) is 9.59 Å². The van der Waals surface area contributed by atoms with Crippen molar-refractivity contribution in [3.63, 3.8) is 0 Å². The first-order chi connectivity index (χ1) is 12.7. The molecule has 0 bridgehead atoms. The molecule has 1 saturated heterocycles. The molecule has 5 heteroatoms. The summed E-state index contributed by atoms with van der Waals surface area (Å²) >= 11 is 0. The molecule has 0 aromatic heterocycles. The molecule has 0 radical (unpaired) electrons. The van der Waals surface area contributed by atoms with E-state index in [0.717, 1.165) is 29.7 Å². The van der Waals surface area contributed by atoms with Crippen LogP contribution in [0.25, 0.3) is 0 Å². The van der Waals surface area contributed by atoms with Gasteiger partial charge in [-0.05, 0) is 36.1 Å². The predicted molar refractivity (Wildman–Crippen MR) is 99.5 cm³/mol. The average Bonchev–Trinajstić information content (AvgIpc) is 2.68. The summed E-state index contributed by atoms with van der Waals surface area (Å²) in [7, 11) is 0. The Kier molecular flexibility index (Phi) is 6.25. The molecule has 0 unspecified atom stereocenters. The molecule has 3 rings (SSSR count). The van der Waals surface area contributed by atoms with Crippen molar-refractivity contribution in [3.05, 3.63) is 65.7 Å². The summed E-state index contributed by atoms with van der Waals surface area (Å²) in [4.78, 5) is 25.4. The third kappa shape index (κ3) is 5.34. The third-order valence-corrected chi connectivity index (χ3v) is 4.42. The molecule has 1 fully saturated rings. The van der Waals surface area contributed by atoms with E-state index in [1.165, 1.54) is 0 Å². The van der Waals surface area contributed by atoms with Gasteiger partial charge in [-0.2, -0.15) is 0 Å². The smallest absolute Gasteiger partial charge is 0.239 e. The standard InChI is InChI=1S/C21H24N2O3/c24-20(15-23-13-5-4-8-21(23)25)22-14-17-9-11-18(12-10-17)16-26-19-6-2-1-3-7-19/h1-3,6-7,9-12H,4-5,8,13-16H2,(H,22,24). The molecular formula is C21H24N2O3. The van der Waals surface area contributed by atoms with Gasteiger partial charge in [0.25, 0.3) is 0 Å². The summed E-state index contributed by atoms with van der Waals surface area (Å²) in [6.45, 7) is 1.80. The van der Waals surface area contributed by atoms with Crippen LogP contribution in [0.5, 0.6) is 5.75 Å². The van der Waals surface area contributed by atoms with Crippen molar-refractivity contribution in [1.82, 2.24) is 10.2 Å². The molecule has 1 N–H and O–H groups in total. The van der Waals surface area contributed by atoms with Crippen molar-refractivity contribution in [2.45, 2.75) is 32.4 Å². The molecule has 0 saturated carbocycles. The Hall–Kier alpha value is -2.82. The molecule has 2 amide bonds. The van der Waals surface area contributed by atoms with Crippen molar-refractivity contribution < 1.29 is 14.3 Å². The number of benzene rings is 2. The van der Waals surface area contributed by atoms with Gasteiger partial charge in [0.05, 0.1) is 6.54 Å². The maximum absolute atomic E-state index is 12.0. The molecule has 5 nitrogen and oxygen atoms in total. The monoisotopic (exact) mass is 352 g/mol. The number of carbonyl (C=O) groups is 2. The van der Waals surface area contributed by atoms with Crippen LogP contribution in [0.2, 0.25) is 0 Å². The highest BCUT2D eigenvalue weighted by molar-refractivity contribution is 5.85. The highest BCUT2D eigenvalue weighted by Crippen LogP contribution is 2.13. The van der Waals surface area contributed by atoms with Crippen molar-refractivity contribution in [2.75, 3.05) is 13.1 Å². The second-order valence-electron chi connectivity index (χ2n) is 6.47. The zero-order valence-electron chi connectivity index (χ0n) is 14.8. The van der Waals surface area contributed by atoms with Crippen LogP contribution in [0.3, 0.4) is 0 Å². The number of carbonyl (C=O) groups excluding carboxylic acids is 2. The Labute approximate surface area is 154 Å². The molecule has 0 aliphatic carbocycles. The number of likely N-dealkylation sites (tertiary alicyclic amines) is 1. The molecule has 0 spiro atoms. The second-order valence-corrected chi connectivity index (χ2v) is 6.47. The minimum Gasteiger partial charge on any atom is -0.489 e. The van der Waals surface area contributed by atoms with Gasteiger partial charge in [0.1, 0.15) is 12.4 Å². The Morgan fingerprint density at radius 1 is 1.00 bits per heavy atom. The van der Waals surface area contributed by atoms with E-state index in [1.54, 1.807) is 4.90 Å². The lowest BCUT2D eigenvalue weighted by atomic mass is 10.1. The molecule has 1 heterocycles. The summed E-state index contributed by atoms with van der Waals surface area (Å²) in [6, 6.07) is 17.7. The van der Waals surface area contributed by atoms with E-state index in [2.05, 4.69) is 5.32 Å². The highest BCUT2D eigenvalue weighted by Gasteiger charge is 2.20. The minimum atomic E-state index is -0.114. The number of piperidine rings is 1. The first-order valence-electron chi connectivity index (χ1n) is 9.01. The maximum atomic E-state index is 12.0. The van der Waals surface area contributed by atoms with Gasteiger partial charge in [-0.25, -0.2) is 0 Å². The molecule has 26 heavy (non-hydrogen) atoms. The molecule has 136 valence electrons. The fourth-order valence-corrected chi connectivity index (χ4v) is 2.90. The molecular weight excluding hydrogens is 328 g/mol. The van der Waals surface area contributed by atoms with Gasteiger partial charge in [-0.15, -0.1) is 0 Å². The number of para-hydroxylation sites is 1. The normalized spacial score (nSPS) is 14.2. The summed E-state index contributed by atoms with van der Waals surface area (Å²) in [5, 5.41) is 2.88. The fraction of sp³-hybridized carbons (Fsp3) is 0.333. The van der Waals surface area contributed by atoms with Gasteiger partial charge in [0, 0.05) is 19.5 Å². The van der Waals surface area contributed by atoms with Crippen LogP contribution >= 0.6 is 0 Å². The fourth-order valence-electron chi connectivity index (χ4n) is 2.90. The van der Waals surface area contributed by atoms with E-state index in [0.29, 0.717) is 26.1 Å². The lowest BCUT2D eigenvalue weighted by Gasteiger charge is -2.25. The van der Waals surface area contributed by atoms with E-state index in [4.69, 9.17) is 4.74 Å². The van der Waals surface area contributed by atoms with Gasteiger partial charge < -0.3 is 15.0 Å². The van der Waals surface area contributed by atoms with Gasteiger partial charge in [0.15, 0.2) is 0 Å². The van der Waals surface area contributed by atoms with Crippen LogP contribution in [0.4, 0.5) is 0 Å². The molecule has 2 aromatic rings. The zero-order valence-corrected chi connectivity index (χ0v) is 14.8. The van der Waals surface area contributed by atoms with E-state index >= 15 is 0 Å².